The maximum Gasteiger partial charge on any atom is 0.243 e. The predicted octanol–water partition coefficient (Wildman–Crippen LogP) is 3.38. The van der Waals surface area contributed by atoms with Crippen molar-refractivity contribution in [2.45, 2.75) is 6.92 Å². The fourth-order valence-electron chi connectivity index (χ4n) is 2.43. The van der Waals surface area contributed by atoms with Crippen LogP contribution in [0.1, 0.15) is 12.5 Å². The van der Waals surface area contributed by atoms with Crippen molar-refractivity contribution in [1.82, 2.24) is 15.3 Å². The van der Waals surface area contributed by atoms with Crippen LogP contribution in [0.4, 0.5) is 0 Å². The highest BCUT2D eigenvalue weighted by Crippen LogP contribution is 2.27. The second kappa shape index (κ2) is 6.26. The largest absolute Gasteiger partial charge is 0.353 e. The number of amides is 1. The van der Waals surface area contributed by atoms with Crippen LogP contribution in [0.3, 0.4) is 0 Å². The van der Waals surface area contributed by atoms with E-state index >= 15 is 0 Å². The first-order chi connectivity index (χ1) is 10.8. The molecule has 2 aromatic heterocycles. The molecule has 0 aliphatic rings. The van der Waals surface area contributed by atoms with Gasteiger partial charge in [-0.3, -0.25) is 4.79 Å². The summed E-state index contributed by atoms with van der Waals surface area (Å²) in [6, 6.07) is 12.1. The second-order valence-corrected chi connectivity index (χ2v) is 4.95. The summed E-state index contributed by atoms with van der Waals surface area (Å²) in [6.45, 7) is 2.53. The van der Waals surface area contributed by atoms with Gasteiger partial charge in [0.25, 0.3) is 0 Å². The zero-order valence-electron chi connectivity index (χ0n) is 12.3. The van der Waals surface area contributed by atoms with E-state index < -0.39 is 0 Å². The summed E-state index contributed by atoms with van der Waals surface area (Å²) in [5.74, 6) is -0.0789. The third kappa shape index (κ3) is 2.91. The number of rotatable bonds is 4. The number of carbonyl (C=O) groups is 1. The third-order valence-corrected chi connectivity index (χ3v) is 3.44. The van der Waals surface area contributed by atoms with Gasteiger partial charge >= 0.3 is 0 Å². The molecule has 22 heavy (non-hydrogen) atoms. The van der Waals surface area contributed by atoms with E-state index in [0.717, 1.165) is 27.7 Å². The summed E-state index contributed by atoms with van der Waals surface area (Å²) in [6.07, 6.45) is 7.07. The SMILES string of the molecule is CCNC(=O)/C=C/c1cccc(-c2ccnc3[nH]ccc23)c1. The molecule has 0 bridgehead atoms. The molecule has 0 unspecified atom stereocenters. The molecule has 0 spiro atoms. The molecular weight excluding hydrogens is 274 g/mol. The monoisotopic (exact) mass is 291 g/mol. The molecule has 0 aliphatic carbocycles. The van der Waals surface area contributed by atoms with Crippen molar-refractivity contribution in [3.05, 3.63) is 60.4 Å². The average Bonchev–Trinajstić information content (AvgIpc) is 3.02. The van der Waals surface area contributed by atoms with Gasteiger partial charge in [0.15, 0.2) is 0 Å². The standard InChI is InChI=1S/C18H17N3O/c1-2-19-17(22)7-6-13-4-3-5-14(12-13)15-8-10-20-18-16(15)9-11-21-18/h3-12H,2H2,1H3,(H,19,22)(H,20,21)/b7-6+. The molecule has 4 heteroatoms. The lowest BCUT2D eigenvalue weighted by molar-refractivity contribution is -0.116. The Morgan fingerprint density at radius 2 is 2.23 bits per heavy atom. The Hall–Kier alpha value is -2.88. The van der Waals surface area contributed by atoms with E-state index in [9.17, 15) is 4.79 Å². The molecule has 3 aromatic rings. The van der Waals surface area contributed by atoms with Gasteiger partial charge in [0, 0.05) is 30.4 Å². The summed E-state index contributed by atoms with van der Waals surface area (Å²) in [5.41, 5.74) is 4.09. The van der Waals surface area contributed by atoms with Crippen molar-refractivity contribution in [2.75, 3.05) is 6.54 Å². The summed E-state index contributed by atoms with van der Waals surface area (Å²) < 4.78 is 0. The number of carbonyl (C=O) groups excluding carboxylic acids is 1. The van der Waals surface area contributed by atoms with Crippen LogP contribution in [0.2, 0.25) is 0 Å². The van der Waals surface area contributed by atoms with Crippen LogP contribution in [-0.4, -0.2) is 22.4 Å². The van der Waals surface area contributed by atoms with Gasteiger partial charge in [-0.25, -0.2) is 4.98 Å². The van der Waals surface area contributed by atoms with E-state index in [2.05, 4.69) is 27.4 Å². The van der Waals surface area contributed by atoms with Crippen LogP contribution < -0.4 is 5.32 Å². The molecule has 2 heterocycles. The summed E-state index contributed by atoms with van der Waals surface area (Å²) in [4.78, 5) is 18.9. The van der Waals surface area contributed by atoms with E-state index in [4.69, 9.17) is 0 Å². The van der Waals surface area contributed by atoms with E-state index in [1.165, 1.54) is 0 Å². The lowest BCUT2D eigenvalue weighted by Gasteiger charge is -2.04. The molecule has 0 saturated carbocycles. The van der Waals surface area contributed by atoms with Gasteiger partial charge in [-0.05, 0) is 47.9 Å². The third-order valence-electron chi connectivity index (χ3n) is 3.44. The van der Waals surface area contributed by atoms with E-state index in [1.807, 2.05) is 43.5 Å². The number of likely N-dealkylation sites (N-methyl/N-ethyl adjacent to an activating group) is 1. The smallest absolute Gasteiger partial charge is 0.243 e. The zero-order chi connectivity index (χ0) is 15.4. The van der Waals surface area contributed by atoms with Crippen LogP contribution in [0.15, 0.2) is 54.9 Å². The lowest BCUT2D eigenvalue weighted by Crippen LogP contribution is -2.19. The number of fused-ring (bicyclic) bond motifs is 1. The Morgan fingerprint density at radius 1 is 1.32 bits per heavy atom. The Kier molecular flexibility index (Phi) is 4.01. The Labute approximate surface area is 128 Å². The first-order valence-electron chi connectivity index (χ1n) is 7.26. The molecule has 0 fully saturated rings. The highest BCUT2D eigenvalue weighted by molar-refractivity contribution is 5.94. The normalized spacial score (nSPS) is 11.1. The Balaban J connectivity index is 1.94. The molecule has 0 atom stereocenters. The number of hydrogen-bond donors (Lipinski definition) is 2. The predicted molar refractivity (Wildman–Crippen MR) is 89.2 cm³/mol. The highest BCUT2D eigenvalue weighted by atomic mass is 16.1. The fourth-order valence-corrected chi connectivity index (χ4v) is 2.43. The van der Waals surface area contributed by atoms with Crippen molar-refractivity contribution in [3.63, 3.8) is 0 Å². The Morgan fingerprint density at radius 3 is 3.09 bits per heavy atom. The van der Waals surface area contributed by atoms with Gasteiger partial charge in [0.2, 0.25) is 5.91 Å². The van der Waals surface area contributed by atoms with Crippen LogP contribution in [0.25, 0.3) is 28.2 Å². The minimum absolute atomic E-state index is 0.0789. The average molecular weight is 291 g/mol. The van der Waals surface area contributed by atoms with Crippen molar-refractivity contribution >= 4 is 23.0 Å². The molecule has 2 N–H and O–H groups in total. The number of hydrogen-bond acceptors (Lipinski definition) is 2. The number of pyridine rings is 1. The highest BCUT2D eigenvalue weighted by Gasteiger charge is 2.05. The lowest BCUT2D eigenvalue weighted by atomic mass is 10.0. The second-order valence-electron chi connectivity index (χ2n) is 4.95. The molecule has 0 radical (unpaired) electrons. The number of H-pyrrole nitrogens is 1. The molecular formula is C18H17N3O. The van der Waals surface area contributed by atoms with Crippen LogP contribution >= 0.6 is 0 Å². The Bertz CT molecular complexity index is 833. The van der Waals surface area contributed by atoms with Gasteiger partial charge in [0.05, 0.1) is 0 Å². The van der Waals surface area contributed by atoms with Crippen LogP contribution in [0.5, 0.6) is 0 Å². The summed E-state index contributed by atoms with van der Waals surface area (Å²) in [5, 5.41) is 3.83. The van der Waals surface area contributed by atoms with Crippen molar-refractivity contribution < 1.29 is 4.79 Å². The molecule has 3 rings (SSSR count). The first-order valence-corrected chi connectivity index (χ1v) is 7.26. The van der Waals surface area contributed by atoms with Gasteiger partial charge in [0.1, 0.15) is 5.65 Å². The van der Waals surface area contributed by atoms with Gasteiger partial charge in [-0.15, -0.1) is 0 Å². The van der Waals surface area contributed by atoms with Crippen molar-refractivity contribution in [2.24, 2.45) is 0 Å². The number of aromatic nitrogens is 2. The molecule has 4 nitrogen and oxygen atoms in total. The summed E-state index contributed by atoms with van der Waals surface area (Å²) in [7, 11) is 0. The summed E-state index contributed by atoms with van der Waals surface area (Å²) >= 11 is 0. The van der Waals surface area contributed by atoms with Gasteiger partial charge < -0.3 is 10.3 Å². The van der Waals surface area contributed by atoms with Crippen LogP contribution in [-0.2, 0) is 4.79 Å². The molecule has 110 valence electrons. The number of nitrogens with one attached hydrogen (secondary N) is 2. The van der Waals surface area contributed by atoms with E-state index in [1.54, 1.807) is 12.3 Å². The molecule has 1 aromatic carbocycles. The van der Waals surface area contributed by atoms with Crippen LogP contribution in [0, 0.1) is 0 Å². The molecule has 0 saturated heterocycles. The minimum Gasteiger partial charge on any atom is -0.353 e. The number of aromatic amines is 1. The van der Waals surface area contributed by atoms with E-state index in [-0.39, 0.29) is 5.91 Å². The molecule has 1 amide bonds. The quantitative estimate of drug-likeness (QED) is 0.724. The molecule has 0 aliphatic heterocycles. The van der Waals surface area contributed by atoms with Gasteiger partial charge in [-0.1, -0.05) is 18.2 Å². The van der Waals surface area contributed by atoms with Gasteiger partial charge in [-0.2, -0.15) is 0 Å². The van der Waals surface area contributed by atoms with Crippen molar-refractivity contribution in [1.29, 1.82) is 0 Å². The first kappa shape index (κ1) is 14.1. The zero-order valence-corrected chi connectivity index (χ0v) is 12.3. The van der Waals surface area contributed by atoms with E-state index in [0.29, 0.717) is 6.54 Å². The topological polar surface area (TPSA) is 57.8 Å². The minimum atomic E-state index is -0.0789. The van der Waals surface area contributed by atoms with Crippen molar-refractivity contribution in [3.8, 4) is 11.1 Å². The maximum absolute atomic E-state index is 11.5. The number of nitrogens with zero attached hydrogens (tertiary/aromatic N) is 1. The number of benzene rings is 1. The fraction of sp³-hybridized carbons (Fsp3) is 0.111. The maximum atomic E-state index is 11.5.